The van der Waals surface area contributed by atoms with Crippen molar-refractivity contribution < 1.29 is 9.59 Å². The second-order valence-electron chi connectivity index (χ2n) is 4.65. The third-order valence-corrected chi connectivity index (χ3v) is 4.17. The van der Waals surface area contributed by atoms with Crippen LogP contribution < -0.4 is 11.5 Å². The van der Waals surface area contributed by atoms with Gasteiger partial charge in [0.15, 0.2) is 0 Å². The van der Waals surface area contributed by atoms with E-state index in [9.17, 15) is 9.59 Å². The molecule has 0 fully saturated rings. The maximum absolute atomic E-state index is 11.5. The Bertz CT molecular complexity index is 691. The number of amides is 2. The number of alkyl halides is 1. The van der Waals surface area contributed by atoms with Gasteiger partial charge < -0.3 is 11.5 Å². The number of hydrogen-bond donors (Lipinski definition) is 2. The van der Waals surface area contributed by atoms with Gasteiger partial charge in [-0.1, -0.05) is 18.2 Å². The predicted molar refractivity (Wildman–Crippen MR) is 72.7 cm³/mol. The van der Waals surface area contributed by atoms with Gasteiger partial charge >= 0.3 is 0 Å². The van der Waals surface area contributed by atoms with Crippen molar-refractivity contribution in [3.05, 3.63) is 52.6 Å². The summed E-state index contributed by atoms with van der Waals surface area (Å²) in [4.78, 5) is 22.2. The lowest BCUT2D eigenvalue weighted by molar-refractivity contribution is 0.0986. The van der Waals surface area contributed by atoms with E-state index in [1.165, 1.54) is 12.1 Å². The molecule has 19 heavy (non-hydrogen) atoms. The fourth-order valence-corrected chi connectivity index (χ4v) is 3.24. The van der Waals surface area contributed by atoms with Gasteiger partial charge in [-0.05, 0) is 35.3 Å². The maximum atomic E-state index is 11.5. The van der Waals surface area contributed by atoms with Crippen LogP contribution in [-0.4, -0.2) is 11.8 Å². The highest BCUT2D eigenvalue weighted by Crippen LogP contribution is 2.59. The van der Waals surface area contributed by atoms with Crippen molar-refractivity contribution in [2.24, 2.45) is 11.5 Å². The van der Waals surface area contributed by atoms with E-state index < -0.39 is 16.7 Å². The topological polar surface area (TPSA) is 86.2 Å². The van der Waals surface area contributed by atoms with Crippen molar-refractivity contribution in [2.45, 2.75) is 11.3 Å². The highest BCUT2D eigenvalue weighted by atomic mass is 35.5. The van der Waals surface area contributed by atoms with E-state index in [0.29, 0.717) is 28.7 Å². The highest BCUT2D eigenvalue weighted by Gasteiger charge is 2.50. The largest absolute Gasteiger partial charge is 0.366 e. The van der Waals surface area contributed by atoms with E-state index >= 15 is 0 Å². The summed E-state index contributed by atoms with van der Waals surface area (Å²) in [5.41, 5.74) is 13.6. The third kappa shape index (κ3) is 1.40. The fourth-order valence-electron chi connectivity index (χ4n) is 2.80. The first-order chi connectivity index (χ1) is 8.97. The van der Waals surface area contributed by atoms with Gasteiger partial charge in [-0.15, -0.1) is 11.6 Å². The van der Waals surface area contributed by atoms with Crippen LogP contribution in [0.3, 0.4) is 0 Å². The highest BCUT2D eigenvalue weighted by molar-refractivity contribution is 6.35. The van der Waals surface area contributed by atoms with Crippen molar-refractivity contribution in [3.8, 4) is 0 Å². The summed E-state index contributed by atoms with van der Waals surface area (Å²) in [5.74, 6) is -1.10. The normalized spacial score (nSPS) is 22.9. The fraction of sp³-hybridized carbons (Fsp3) is 0.143. The molecule has 0 radical (unpaired) electrons. The lowest BCUT2D eigenvalue weighted by Gasteiger charge is -2.44. The number of rotatable bonds is 2. The number of nitrogens with two attached hydrogens (primary N) is 2. The monoisotopic (exact) mass is 274 g/mol. The molecule has 5 heteroatoms. The molecule has 1 unspecified atom stereocenters. The number of primary amides is 2. The van der Waals surface area contributed by atoms with Gasteiger partial charge in [0.1, 0.15) is 0 Å². The summed E-state index contributed by atoms with van der Waals surface area (Å²) in [6.07, 6.45) is 6.20. The maximum Gasteiger partial charge on any atom is 0.249 e. The van der Waals surface area contributed by atoms with E-state index in [0.717, 1.165) is 5.57 Å². The Morgan fingerprint density at radius 1 is 1.16 bits per heavy atom. The molecule has 0 heterocycles. The van der Waals surface area contributed by atoms with Crippen molar-refractivity contribution >= 4 is 29.0 Å². The lowest BCUT2D eigenvalue weighted by Crippen LogP contribution is -2.38. The van der Waals surface area contributed by atoms with Gasteiger partial charge in [0.2, 0.25) is 11.8 Å². The molecule has 2 aliphatic carbocycles. The molecule has 1 atom stereocenters. The average molecular weight is 275 g/mol. The van der Waals surface area contributed by atoms with Crippen LogP contribution in [0.25, 0.3) is 5.57 Å². The summed E-state index contributed by atoms with van der Waals surface area (Å²) in [6.45, 7) is 0. The molecule has 4 N–H and O–H groups in total. The number of allylic oxidation sites excluding steroid dienone is 4. The molecule has 0 saturated heterocycles. The zero-order valence-corrected chi connectivity index (χ0v) is 10.7. The number of fused-ring (bicyclic) bond motifs is 4. The van der Waals surface area contributed by atoms with Gasteiger partial charge in [0, 0.05) is 11.1 Å². The van der Waals surface area contributed by atoms with Crippen LogP contribution in [0, 0.1) is 0 Å². The molecule has 0 aliphatic heterocycles. The number of halogens is 1. The Hall–Kier alpha value is -2.07. The van der Waals surface area contributed by atoms with E-state index in [4.69, 9.17) is 23.1 Å². The number of carbonyl (C=O) groups excluding carboxylic acids is 2. The number of benzene rings is 1. The van der Waals surface area contributed by atoms with Crippen molar-refractivity contribution in [3.63, 3.8) is 0 Å². The number of hydrogen-bond acceptors (Lipinski definition) is 2. The van der Waals surface area contributed by atoms with Crippen LogP contribution in [0.2, 0.25) is 0 Å². The standard InChI is InChI=1S/C14H11ClN2O2/c15-14-6-2-1-3-9(14)10-7(12(16)18)4-5-8(11(10)14)13(17)19/h1-5H,6H2,(H2,16,18)(H2,17,19). The summed E-state index contributed by atoms with van der Waals surface area (Å²) in [7, 11) is 0. The van der Waals surface area contributed by atoms with Crippen LogP contribution in [-0.2, 0) is 4.87 Å². The van der Waals surface area contributed by atoms with Crippen LogP contribution >= 0.6 is 11.6 Å². The molecule has 2 amide bonds. The molecule has 0 spiro atoms. The van der Waals surface area contributed by atoms with Crippen LogP contribution in [0.1, 0.15) is 38.3 Å². The molecule has 0 bridgehead atoms. The van der Waals surface area contributed by atoms with E-state index in [1.807, 2.05) is 18.2 Å². The second-order valence-corrected chi connectivity index (χ2v) is 5.30. The molecular formula is C14H11ClN2O2. The first-order valence-corrected chi connectivity index (χ1v) is 6.18. The Morgan fingerprint density at radius 2 is 1.79 bits per heavy atom. The minimum absolute atomic E-state index is 0.349. The summed E-state index contributed by atoms with van der Waals surface area (Å²) >= 11 is 6.59. The minimum atomic E-state index is -0.764. The lowest BCUT2D eigenvalue weighted by atomic mass is 9.65. The molecule has 96 valence electrons. The molecule has 2 aliphatic rings. The minimum Gasteiger partial charge on any atom is -0.366 e. The Labute approximate surface area is 114 Å². The zero-order chi connectivity index (χ0) is 13.8. The van der Waals surface area contributed by atoms with E-state index in [-0.39, 0.29) is 0 Å². The van der Waals surface area contributed by atoms with Crippen molar-refractivity contribution in [1.29, 1.82) is 0 Å². The Morgan fingerprint density at radius 3 is 2.42 bits per heavy atom. The Kier molecular flexibility index (Phi) is 2.34. The van der Waals surface area contributed by atoms with Gasteiger partial charge in [-0.3, -0.25) is 9.59 Å². The first kappa shape index (κ1) is 12.0. The summed E-state index contributed by atoms with van der Waals surface area (Å²) in [6, 6.07) is 3.04. The molecule has 0 saturated carbocycles. The van der Waals surface area contributed by atoms with E-state index in [2.05, 4.69) is 0 Å². The van der Waals surface area contributed by atoms with Gasteiger partial charge in [0.05, 0.1) is 4.87 Å². The van der Waals surface area contributed by atoms with Gasteiger partial charge in [-0.25, -0.2) is 0 Å². The summed E-state index contributed by atoms with van der Waals surface area (Å²) < 4.78 is 0. The zero-order valence-electron chi connectivity index (χ0n) is 9.94. The van der Waals surface area contributed by atoms with Gasteiger partial charge in [0.25, 0.3) is 0 Å². The quantitative estimate of drug-likeness (QED) is 0.804. The third-order valence-electron chi connectivity index (χ3n) is 3.63. The molecular weight excluding hydrogens is 264 g/mol. The van der Waals surface area contributed by atoms with Crippen LogP contribution in [0.4, 0.5) is 0 Å². The molecule has 0 aromatic heterocycles. The molecule has 1 aromatic carbocycles. The SMILES string of the molecule is NC(=O)c1ccc(C(N)=O)c2c1C1=CC=CCC12Cl. The molecule has 1 aromatic rings. The molecule has 4 nitrogen and oxygen atoms in total. The smallest absolute Gasteiger partial charge is 0.249 e. The summed E-state index contributed by atoms with van der Waals surface area (Å²) in [5, 5.41) is 0. The second kappa shape index (κ2) is 3.71. The molecule has 3 rings (SSSR count). The van der Waals surface area contributed by atoms with Gasteiger partial charge in [-0.2, -0.15) is 0 Å². The Balaban J connectivity index is 2.35. The predicted octanol–water partition coefficient (Wildman–Crippen LogP) is 1.68. The van der Waals surface area contributed by atoms with Crippen molar-refractivity contribution in [2.75, 3.05) is 0 Å². The number of carbonyl (C=O) groups is 2. The van der Waals surface area contributed by atoms with E-state index in [1.54, 1.807) is 0 Å². The van der Waals surface area contributed by atoms with Crippen LogP contribution in [0.5, 0.6) is 0 Å². The van der Waals surface area contributed by atoms with Crippen LogP contribution in [0.15, 0.2) is 30.4 Å². The average Bonchev–Trinajstić information content (AvgIpc) is 2.36. The first-order valence-electron chi connectivity index (χ1n) is 5.80. The van der Waals surface area contributed by atoms with Crippen molar-refractivity contribution in [1.82, 2.24) is 0 Å².